The van der Waals surface area contributed by atoms with E-state index in [0.29, 0.717) is 0 Å². The second-order valence-corrected chi connectivity index (χ2v) is 5.26. The Bertz CT molecular complexity index is 429. The fourth-order valence-corrected chi connectivity index (χ4v) is 2.24. The van der Waals surface area contributed by atoms with Gasteiger partial charge in [0.2, 0.25) is 0 Å². The van der Waals surface area contributed by atoms with Gasteiger partial charge < -0.3 is 9.64 Å². The third kappa shape index (κ3) is 4.67. The van der Waals surface area contributed by atoms with Crippen LogP contribution in [0, 0.1) is 19.8 Å². The second kappa shape index (κ2) is 7.29. The molecule has 3 nitrogen and oxygen atoms in total. The van der Waals surface area contributed by atoms with Crippen LogP contribution in [0.3, 0.4) is 0 Å². The maximum Gasteiger partial charge on any atom is 0.309 e. The molecule has 1 unspecified atom stereocenters. The van der Waals surface area contributed by atoms with Crippen LogP contribution in [0.15, 0.2) is 18.2 Å². The highest BCUT2D eigenvalue weighted by atomic mass is 16.5. The number of carbonyl (C=O) groups excluding carboxylic acids is 1. The number of benzene rings is 1. The van der Waals surface area contributed by atoms with Crippen LogP contribution in [0.5, 0.6) is 0 Å². The van der Waals surface area contributed by atoms with Gasteiger partial charge in [0.25, 0.3) is 0 Å². The number of methoxy groups -OCH3 is 1. The minimum atomic E-state index is -0.115. The van der Waals surface area contributed by atoms with Crippen LogP contribution in [-0.2, 0) is 16.1 Å². The minimum Gasteiger partial charge on any atom is -0.469 e. The van der Waals surface area contributed by atoms with Crippen molar-refractivity contribution < 1.29 is 9.53 Å². The molecule has 19 heavy (non-hydrogen) atoms. The zero-order chi connectivity index (χ0) is 14.4. The molecular formula is C16H25NO2. The SMILES string of the molecule is CCC(CN(C)Cc1cc(C)ccc1C)C(=O)OC. The fourth-order valence-electron chi connectivity index (χ4n) is 2.24. The molecule has 0 aliphatic rings. The monoisotopic (exact) mass is 263 g/mol. The molecule has 0 amide bonds. The quantitative estimate of drug-likeness (QED) is 0.739. The Morgan fingerprint density at radius 3 is 2.63 bits per heavy atom. The molecular weight excluding hydrogens is 238 g/mol. The van der Waals surface area contributed by atoms with Crippen molar-refractivity contribution in [1.29, 1.82) is 0 Å². The number of hydrogen-bond acceptors (Lipinski definition) is 3. The molecule has 1 aromatic rings. The molecule has 0 saturated carbocycles. The first-order valence-corrected chi connectivity index (χ1v) is 6.80. The third-order valence-corrected chi connectivity index (χ3v) is 3.50. The van der Waals surface area contributed by atoms with Gasteiger partial charge in [0.1, 0.15) is 0 Å². The van der Waals surface area contributed by atoms with Crippen LogP contribution in [0.25, 0.3) is 0 Å². The summed E-state index contributed by atoms with van der Waals surface area (Å²) in [4.78, 5) is 13.8. The molecule has 1 aromatic carbocycles. The summed E-state index contributed by atoms with van der Waals surface area (Å²) in [6.07, 6.45) is 0.809. The first-order chi connectivity index (χ1) is 8.97. The van der Waals surface area contributed by atoms with Crippen LogP contribution in [0.4, 0.5) is 0 Å². The molecule has 0 aliphatic heterocycles. The van der Waals surface area contributed by atoms with E-state index in [1.807, 2.05) is 14.0 Å². The highest BCUT2D eigenvalue weighted by molar-refractivity contribution is 5.72. The molecule has 0 heterocycles. The lowest BCUT2D eigenvalue weighted by Crippen LogP contribution is -2.30. The smallest absolute Gasteiger partial charge is 0.309 e. The van der Waals surface area contributed by atoms with Crippen LogP contribution >= 0.6 is 0 Å². The number of aryl methyl sites for hydroxylation is 2. The van der Waals surface area contributed by atoms with E-state index in [-0.39, 0.29) is 11.9 Å². The van der Waals surface area contributed by atoms with Crippen LogP contribution in [0.2, 0.25) is 0 Å². The number of rotatable bonds is 6. The highest BCUT2D eigenvalue weighted by Gasteiger charge is 2.19. The van der Waals surface area contributed by atoms with Crippen molar-refractivity contribution in [1.82, 2.24) is 4.90 Å². The number of hydrogen-bond donors (Lipinski definition) is 0. The Morgan fingerprint density at radius 1 is 1.37 bits per heavy atom. The van der Waals surface area contributed by atoms with Crippen molar-refractivity contribution in [2.45, 2.75) is 33.7 Å². The molecule has 0 aliphatic carbocycles. The van der Waals surface area contributed by atoms with Crippen molar-refractivity contribution >= 4 is 5.97 Å². The van der Waals surface area contributed by atoms with Gasteiger partial charge in [-0.05, 0) is 38.4 Å². The Balaban J connectivity index is 2.66. The van der Waals surface area contributed by atoms with E-state index in [1.165, 1.54) is 23.8 Å². The van der Waals surface area contributed by atoms with Gasteiger partial charge in [0.15, 0.2) is 0 Å². The van der Waals surface area contributed by atoms with E-state index in [9.17, 15) is 4.79 Å². The van der Waals surface area contributed by atoms with Gasteiger partial charge in [0.05, 0.1) is 13.0 Å². The molecule has 1 atom stereocenters. The largest absolute Gasteiger partial charge is 0.469 e. The third-order valence-electron chi connectivity index (χ3n) is 3.50. The van der Waals surface area contributed by atoms with E-state index in [1.54, 1.807) is 0 Å². The summed E-state index contributed by atoms with van der Waals surface area (Å²) in [5.41, 5.74) is 3.89. The molecule has 0 spiro atoms. The van der Waals surface area contributed by atoms with Crippen molar-refractivity contribution in [2.24, 2.45) is 5.92 Å². The van der Waals surface area contributed by atoms with Gasteiger partial charge in [-0.1, -0.05) is 30.7 Å². The average Bonchev–Trinajstić information content (AvgIpc) is 2.39. The minimum absolute atomic E-state index is 0.0416. The number of esters is 1. The van der Waals surface area contributed by atoms with Gasteiger partial charge in [0, 0.05) is 13.1 Å². The Hall–Kier alpha value is -1.35. The lowest BCUT2D eigenvalue weighted by Gasteiger charge is -2.22. The standard InChI is InChI=1S/C16H25NO2/c1-6-14(16(18)19-5)10-17(4)11-15-9-12(2)7-8-13(15)3/h7-9,14H,6,10-11H2,1-5H3. The van der Waals surface area contributed by atoms with E-state index in [2.05, 4.69) is 36.9 Å². The summed E-state index contributed by atoms with van der Waals surface area (Å²) < 4.78 is 4.83. The van der Waals surface area contributed by atoms with E-state index in [4.69, 9.17) is 4.74 Å². The zero-order valence-corrected chi connectivity index (χ0v) is 12.7. The molecule has 0 fully saturated rings. The van der Waals surface area contributed by atoms with Crippen molar-refractivity contribution in [3.63, 3.8) is 0 Å². The number of nitrogens with zero attached hydrogens (tertiary/aromatic N) is 1. The van der Waals surface area contributed by atoms with E-state index in [0.717, 1.165) is 19.5 Å². The second-order valence-electron chi connectivity index (χ2n) is 5.26. The summed E-state index contributed by atoms with van der Waals surface area (Å²) in [5, 5.41) is 0. The molecule has 0 N–H and O–H groups in total. The normalized spacial score (nSPS) is 12.5. The van der Waals surface area contributed by atoms with Crippen LogP contribution in [0.1, 0.15) is 30.0 Å². The summed E-state index contributed by atoms with van der Waals surface area (Å²) in [5.74, 6) is -0.157. The van der Waals surface area contributed by atoms with Crippen LogP contribution < -0.4 is 0 Å². The average molecular weight is 263 g/mol. The number of ether oxygens (including phenoxy) is 1. The molecule has 106 valence electrons. The summed E-state index contributed by atoms with van der Waals surface area (Å²) in [7, 11) is 3.50. The van der Waals surface area contributed by atoms with Crippen molar-refractivity contribution in [3.8, 4) is 0 Å². The first-order valence-electron chi connectivity index (χ1n) is 6.80. The van der Waals surface area contributed by atoms with Gasteiger partial charge in [-0.25, -0.2) is 0 Å². The molecule has 0 radical (unpaired) electrons. The molecule has 0 aromatic heterocycles. The topological polar surface area (TPSA) is 29.5 Å². The van der Waals surface area contributed by atoms with Gasteiger partial charge in [-0.15, -0.1) is 0 Å². The maximum atomic E-state index is 11.6. The zero-order valence-electron chi connectivity index (χ0n) is 12.7. The van der Waals surface area contributed by atoms with Crippen molar-refractivity contribution in [3.05, 3.63) is 34.9 Å². The first kappa shape index (κ1) is 15.7. The van der Waals surface area contributed by atoms with Crippen molar-refractivity contribution in [2.75, 3.05) is 20.7 Å². The van der Waals surface area contributed by atoms with E-state index < -0.39 is 0 Å². The predicted molar refractivity (Wildman–Crippen MR) is 78.0 cm³/mol. The van der Waals surface area contributed by atoms with E-state index >= 15 is 0 Å². The predicted octanol–water partition coefficient (Wildman–Crippen LogP) is 2.93. The van der Waals surface area contributed by atoms with Gasteiger partial charge in [-0.3, -0.25) is 4.79 Å². The summed E-state index contributed by atoms with van der Waals surface area (Å²) in [6, 6.07) is 6.49. The van der Waals surface area contributed by atoms with Crippen LogP contribution in [-0.4, -0.2) is 31.6 Å². The Morgan fingerprint density at radius 2 is 2.05 bits per heavy atom. The Kier molecular flexibility index (Phi) is 6.03. The molecule has 1 rings (SSSR count). The molecule has 0 saturated heterocycles. The van der Waals surface area contributed by atoms with Gasteiger partial charge >= 0.3 is 5.97 Å². The lowest BCUT2D eigenvalue weighted by atomic mass is 10.0. The molecule has 0 bridgehead atoms. The highest BCUT2D eigenvalue weighted by Crippen LogP contribution is 2.14. The summed E-state index contributed by atoms with van der Waals surface area (Å²) in [6.45, 7) is 7.84. The maximum absolute atomic E-state index is 11.6. The van der Waals surface area contributed by atoms with Gasteiger partial charge in [-0.2, -0.15) is 0 Å². The number of carbonyl (C=O) groups is 1. The Labute approximate surface area is 116 Å². The summed E-state index contributed by atoms with van der Waals surface area (Å²) >= 11 is 0. The fraction of sp³-hybridized carbons (Fsp3) is 0.562. The lowest BCUT2D eigenvalue weighted by molar-refractivity contribution is -0.146. The molecule has 3 heteroatoms.